The largest absolute Gasteiger partial charge is 0.330 e. The number of aryl methyl sites for hydroxylation is 1. The van der Waals surface area contributed by atoms with Gasteiger partial charge in [-0.15, -0.1) is 0 Å². The summed E-state index contributed by atoms with van der Waals surface area (Å²) in [7, 11) is 0. The lowest BCUT2D eigenvalue weighted by Gasteiger charge is -2.12. The second kappa shape index (κ2) is 6.35. The highest BCUT2D eigenvalue weighted by Crippen LogP contribution is 2.19. The molecule has 104 valence electrons. The Morgan fingerprint density at radius 2 is 1.85 bits per heavy atom. The summed E-state index contributed by atoms with van der Waals surface area (Å²) in [6.45, 7) is 4.58. The Labute approximate surface area is 119 Å². The molecule has 20 heavy (non-hydrogen) atoms. The van der Waals surface area contributed by atoms with Crippen LogP contribution in [0.5, 0.6) is 0 Å². The summed E-state index contributed by atoms with van der Waals surface area (Å²) in [6.07, 6.45) is 0.705. The zero-order valence-electron chi connectivity index (χ0n) is 11.9. The molecule has 2 aromatic rings. The van der Waals surface area contributed by atoms with Crippen molar-refractivity contribution >= 4 is 11.6 Å². The molecule has 0 saturated carbocycles. The first-order valence-electron chi connectivity index (χ1n) is 6.79. The smallest absolute Gasteiger partial charge is 0.255 e. The lowest BCUT2D eigenvalue weighted by Crippen LogP contribution is -2.16. The monoisotopic (exact) mass is 268 g/mol. The van der Waals surface area contributed by atoms with E-state index in [1.807, 2.05) is 56.3 Å². The Balaban J connectivity index is 2.26. The molecule has 2 aromatic carbocycles. The van der Waals surface area contributed by atoms with E-state index in [9.17, 15) is 4.79 Å². The van der Waals surface area contributed by atoms with E-state index in [1.165, 1.54) is 0 Å². The summed E-state index contributed by atoms with van der Waals surface area (Å²) in [5, 5.41) is 2.99. The Morgan fingerprint density at radius 3 is 2.60 bits per heavy atom. The van der Waals surface area contributed by atoms with E-state index in [-0.39, 0.29) is 5.91 Å². The molecule has 0 radical (unpaired) electrons. The number of nitrogens with two attached hydrogens (primary N) is 1. The summed E-state index contributed by atoms with van der Waals surface area (Å²) < 4.78 is 0. The first-order chi connectivity index (χ1) is 9.63. The van der Waals surface area contributed by atoms with Gasteiger partial charge < -0.3 is 11.1 Å². The maximum Gasteiger partial charge on any atom is 0.255 e. The topological polar surface area (TPSA) is 55.1 Å². The van der Waals surface area contributed by atoms with E-state index in [2.05, 4.69) is 5.32 Å². The van der Waals surface area contributed by atoms with Crippen molar-refractivity contribution in [2.45, 2.75) is 20.3 Å². The molecule has 1 amide bonds. The predicted octanol–water partition coefficient (Wildman–Crippen LogP) is 3.06. The quantitative estimate of drug-likeness (QED) is 0.895. The number of amides is 1. The minimum absolute atomic E-state index is 0.0808. The van der Waals surface area contributed by atoms with Gasteiger partial charge in [0.2, 0.25) is 0 Å². The highest BCUT2D eigenvalue weighted by molar-refractivity contribution is 6.05. The van der Waals surface area contributed by atoms with Crippen molar-refractivity contribution in [3.05, 3.63) is 64.7 Å². The molecule has 0 spiro atoms. The Hall–Kier alpha value is -2.13. The molecule has 0 aliphatic carbocycles. The summed E-state index contributed by atoms with van der Waals surface area (Å²) in [4.78, 5) is 12.4. The Morgan fingerprint density at radius 1 is 1.10 bits per heavy atom. The normalized spacial score (nSPS) is 10.3. The van der Waals surface area contributed by atoms with Gasteiger partial charge in [0, 0.05) is 11.3 Å². The third kappa shape index (κ3) is 3.06. The Bertz CT molecular complexity index is 620. The summed E-state index contributed by atoms with van der Waals surface area (Å²) in [5.74, 6) is -0.0808. The van der Waals surface area contributed by atoms with E-state index in [4.69, 9.17) is 5.73 Å². The molecule has 2 rings (SSSR count). The lowest BCUT2D eigenvalue weighted by atomic mass is 10.0. The van der Waals surface area contributed by atoms with E-state index in [0.717, 1.165) is 22.4 Å². The molecule has 0 heterocycles. The maximum atomic E-state index is 12.4. The fourth-order valence-corrected chi connectivity index (χ4v) is 2.19. The first-order valence-corrected chi connectivity index (χ1v) is 6.79. The van der Waals surface area contributed by atoms with Gasteiger partial charge in [-0.3, -0.25) is 4.79 Å². The van der Waals surface area contributed by atoms with Crippen LogP contribution in [0.2, 0.25) is 0 Å². The van der Waals surface area contributed by atoms with Crippen LogP contribution in [-0.4, -0.2) is 12.5 Å². The van der Waals surface area contributed by atoms with Crippen molar-refractivity contribution in [3.8, 4) is 0 Å². The van der Waals surface area contributed by atoms with E-state index in [1.54, 1.807) is 0 Å². The van der Waals surface area contributed by atoms with Crippen LogP contribution >= 0.6 is 0 Å². The zero-order chi connectivity index (χ0) is 14.5. The van der Waals surface area contributed by atoms with E-state index >= 15 is 0 Å². The number of hydrogen-bond acceptors (Lipinski definition) is 2. The molecule has 0 unspecified atom stereocenters. The number of anilines is 1. The third-order valence-corrected chi connectivity index (χ3v) is 3.53. The third-order valence-electron chi connectivity index (χ3n) is 3.53. The standard InChI is InChI=1S/C17H20N2O/c1-12-6-5-9-16(13(12)2)19-17(20)15-8-4-3-7-14(15)10-11-18/h3-9H,10-11,18H2,1-2H3,(H,19,20). The molecule has 0 aliphatic heterocycles. The number of carbonyl (C=O) groups is 1. The minimum atomic E-state index is -0.0808. The van der Waals surface area contributed by atoms with Crippen LogP contribution in [0.1, 0.15) is 27.0 Å². The van der Waals surface area contributed by atoms with Crippen LogP contribution in [0.3, 0.4) is 0 Å². The molecule has 0 aromatic heterocycles. The number of carbonyl (C=O) groups excluding carboxylic acids is 1. The molecular weight excluding hydrogens is 248 g/mol. The van der Waals surface area contributed by atoms with Crippen molar-refractivity contribution in [1.82, 2.24) is 0 Å². The van der Waals surface area contributed by atoms with Gasteiger partial charge in [0.1, 0.15) is 0 Å². The highest BCUT2D eigenvalue weighted by Gasteiger charge is 2.11. The molecule has 0 fully saturated rings. The van der Waals surface area contributed by atoms with Crippen molar-refractivity contribution in [2.24, 2.45) is 5.73 Å². The minimum Gasteiger partial charge on any atom is -0.330 e. The van der Waals surface area contributed by atoms with Crippen LogP contribution in [0.4, 0.5) is 5.69 Å². The van der Waals surface area contributed by atoms with Gasteiger partial charge in [0.15, 0.2) is 0 Å². The molecule has 3 heteroatoms. The van der Waals surface area contributed by atoms with Crippen LogP contribution in [0.15, 0.2) is 42.5 Å². The maximum absolute atomic E-state index is 12.4. The SMILES string of the molecule is Cc1cccc(NC(=O)c2ccccc2CCN)c1C. The zero-order valence-corrected chi connectivity index (χ0v) is 11.9. The van der Waals surface area contributed by atoms with Gasteiger partial charge >= 0.3 is 0 Å². The first kappa shape index (κ1) is 14.3. The summed E-state index contributed by atoms with van der Waals surface area (Å²) in [6, 6.07) is 13.5. The summed E-state index contributed by atoms with van der Waals surface area (Å²) in [5.41, 5.74) is 10.4. The van der Waals surface area contributed by atoms with Crippen molar-refractivity contribution in [2.75, 3.05) is 11.9 Å². The lowest BCUT2D eigenvalue weighted by molar-refractivity contribution is 0.102. The molecule has 0 bridgehead atoms. The highest BCUT2D eigenvalue weighted by atomic mass is 16.1. The fraction of sp³-hybridized carbons (Fsp3) is 0.235. The van der Waals surface area contributed by atoms with Crippen molar-refractivity contribution in [1.29, 1.82) is 0 Å². The Kier molecular flexibility index (Phi) is 4.53. The second-order valence-corrected chi connectivity index (χ2v) is 4.90. The fourth-order valence-electron chi connectivity index (χ4n) is 2.19. The molecule has 3 nitrogen and oxygen atoms in total. The molecule has 3 N–H and O–H groups in total. The van der Waals surface area contributed by atoms with Gasteiger partial charge in [0.25, 0.3) is 5.91 Å². The van der Waals surface area contributed by atoms with Crippen LogP contribution in [-0.2, 0) is 6.42 Å². The predicted molar refractivity (Wildman–Crippen MR) is 83.1 cm³/mol. The molecule has 0 atom stereocenters. The molecular formula is C17H20N2O. The summed E-state index contributed by atoms with van der Waals surface area (Å²) >= 11 is 0. The average molecular weight is 268 g/mol. The van der Waals surface area contributed by atoms with Gasteiger partial charge in [-0.2, -0.15) is 0 Å². The van der Waals surface area contributed by atoms with Crippen LogP contribution < -0.4 is 11.1 Å². The van der Waals surface area contributed by atoms with Gasteiger partial charge in [-0.05, 0) is 55.6 Å². The van der Waals surface area contributed by atoms with E-state index in [0.29, 0.717) is 18.5 Å². The van der Waals surface area contributed by atoms with Gasteiger partial charge in [-0.1, -0.05) is 30.3 Å². The van der Waals surface area contributed by atoms with Crippen LogP contribution in [0, 0.1) is 13.8 Å². The van der Waals surface area contributed by atoms with Gasteiger partial charge in [0.05, 0.1) is 0 Å². The average Bonchev–Trinajstić information content (AvgIpc) is 2.45. The van der Waals surface area contributed by atoms with Crippen molar-refractivity contribution in [3.63, 3.8) is 0 Å². The molecule has 0 saturated heterocycles. The van der Waals surface area contributed by atoms with Crippen LogP contribution in [0.25, 0.3) is 0 Å². The van der Waals surface area contributed by atoms with Gasteiger partial charge in [-0.25, -0.2) is 0 Å². The number of rotatable bonds is 4. The van der Waals surface area contributed by atoms with E-state index < -0.39 is 0 Å². The number of nitrogens with one attached hydrogen (secondary N) is 1. The molecule has 0 aliphatic rings. The number of benzene rings is 2. The van der Waals surface area contributed by atoms with Crippen molar-refractivity contribution < 1.29 is 4.79 Å². The number of hydrogen-bond donors (Lipinski definition) is 2. The second-order valence-electron chi connectivity index (χ2n) is 4.90.